The van der Waals surface area contributed by atoms with Gasteiger partial charge in [-0.25, -0.2) is 0 Å². The molecule has 4 nitrogen and oxygen atoms in total. The van der Waals surface area contributed by atoms with E-state index in [2.05, 4.69) is 5.32 Å². The van der Waals surface area contributed by atoms with E-state index in [9.17, 15) is 4.79 Å². The summed E-state index contributed by atoms with van der Waals surface area (Å²) in [6.45, 7) is 2.22. The Kier molecular flexibility index (Phi) is 4.25. The SMILES string of the molecule is Cc1ccc(-c2ccccc2Cl)cc1NC(=O)C1(c2ccc3c(c2)OCO3)CC1. The molecule has 0 bridgehead atoms. The highest BCUT2D eigenvalue weighted by molar-refractivity contribution is 6.33. The van der Waals surface area contributed by atoms with Crippen molar-refractivity contribution in [3.63, 3.8) is 0 Å². The van der Waals surface area contributed by atoms with Gasteiger partial charge < -0.3 is 14.8 Å². The van der Waals surface area contributed by atoms with E-state index in [1.165, 1.54) is 0 Å². The number of carbonyl (C=O) groups excluding carboxylic acids is 1. The van der Waals surface area contributed by atoms with Crippen molar-refractivity contribution in [3.05, 3.63) is 76.8 Å². The number of ether oxygens (including phenoxy) is 2. The zero-order chi connectivity index (χ0) is 20.0. The predicted octanol–water partition coefficient (Wildman–Crippen LogP) is 5.71. The van der Waals surface area contributed by atoms with Crippen LogP contribution in [0.1, 0.15) is 24.0 Å². The highest BCUT2D eigenvalue weighted by atomic mass is 35.5. The summed E-state index contributed by atoms with van der Waals surface area (Å²) in [6, 6.07) is 19.5. The first kappa shape index (κ1) is 18.1. The van der Waals surface area contributed by atoms with E-state index in [0.29, 0.717) is 10.8 Å². The van der Waals surface area contributed by atoms with Crippen molar-refractivity contribution in [3.8, 4) is 22.6 Å². The summed E-state index contributed by atoms with van der Waals surface area (Å²) in [5, 5.41) is 3.84. The van der Waals surface area contributed by atoms with Crippen molar-refractivity contribution in [1.29, 1.82) is 0 Å². The van der Waals surface area contributed by atoms with Gasteiger partial charge in [0.1, 0.15) is 0 Å². The minimum Gasteiger partial charge on any atom is -0.454 e. The average Bonchev–Trinajstić information content (AvgIpc) is 3.41. The van der Waals surface area contributed by atoms with Gasteiger partial charge in [0, 0.05) is 16.3 Å². The maximum Gasteiger partial charge on any atom is 0.235 e. The van der Waals surface area contributed by atoms with Crippen LogP contribution in [0.15, 0.2) is 60.7 Å². The van der Waals surface area contributed by atoms with Gasteiger partial charge in [-0.1, -0.05) is 48.0 Å². The van der Waals surface area contributed by atoms with Crippen molar-refractivity contribution < 1.29 is 14.3 Å². The lowest BCUT2D eigenvalue weighted by Gasteiger charge is -2.18. The molecule has 3 aromatic rings. The Hall–Kier alpha value is -2.98. The van der Waals surface area contributed by atoms with Gasteiger partial charge in [-0.15, -0.1) is 0 Å². The van der Waals surface area contributed by atoms with Gasteiger partial charge in [0.25, 0.3) is 0 Å². The number of hydrogen-bond acceptors (Lipinski definition) is 3. The molecule has 3 aromatic carbocycles. The first-order chi connectivity index (χ1) is 14.1. The van der Waals surface area contributed by atoms with E-state index in [0.717, 1.165) is 46.5 Å². The van der Waals surface area contributed by atoms with E-state index < -0.39 is 5.41 Å². The molecule has 1 aliphatic carbocycles. The van der Waals surface area contributed by atoms with Crippen LogP contribution < -0.4 is 14.8 Å². The second-order valence-corrected chi connectivity index (χ2v) is 8.02. The van der Waals surface area contributed by atoms with Gasteiger partial charge in [0.2, 0.25) is 12.7 Å². The van der Waals surface area contributed by atoms with E-state index >= 15 is 0 Å². The van der Waals surface area contributed by atoms with Crippen molar-refractivity contribution in [2.45, 2.75) is 25.2 Å². The molecule has 1 saturated carbocycles. The van der Waals surface area contributed by atoms with Gasteiger partial charge in [0.05, 0.1) is 5.41 Å². The molecule has 5 heteroatoms. The van der Waals surface area contributed by atoms with Crippen LogP contribution in [0, 0.1) is 6.92 Å². The maximum absolute atomic E-state index is 13.3. The smallest absolute Gasteiger partial charge is 0.235 e. The lowest BCUT2D eigenvalue weighted by Crippen LogP contribution is -2.28. The Bertz CT molecular complexity index is 1120. The molecule has 0 unspecified atom stereocenters. The number of halogens is 1. The second-order valence-electron chi connectivity index (χ2n) is 7.61. The lowest BCUT2D eigenvalue weighted by atomic mass is 9.94. The monoisotopic (exact) mass is 405 g/mol. The number of aryl methyl sites for hydroxylation is 1. The number of hydrogen-bond donors (Lipinski definition) is 1. The molecule has 1 heterocycles. The highest BCUT2D eigenvalue weighted by Gasteiger charge is 2.51. The molecule has 0 spiro atoms. The summed E-state index contributed by atoms with van der Waals surface area (Å²) >= 11 is 6.36. The minimum atomic E-state index is -0.506. The fourth-order valence-electron chi connectivity index (χ4n) is 3.83. The number of carbonyl (C=O) groups is 1. The number of nitrogens with one attached hydrogen (secondary N) is 1. The molecule has 0 radical (unpaired) electrons. The summed E-state index contributed by atoms with van der Waals surface area (Å²) in [7, 11) is 0. The van der Waals surface area contributed by atoms with Crippen LogP contribution in [0.2, 0.25) is 5.02 Å². The molecule has 1 amide bonds. The standard InChI is InChI=1S/C24H20ClNO3/c1-15-6-7-16(18-4-2-3-5-19(18)25)12-20(15)26-23(27)24(10-11-24)17-8-9-21-22(13-17)29-14-28-21/h2-9,12-13H,10-11,14H2,1H3,(H,26,27). The molecule has 0 aromatic heterocycles. The zero-order valence-corrected chi connectivity index (χ0v) is 16.8. The van der Waals surface area contributed by atoms with Gasteiger partial charge in [0.15, 0.2) is 11.5 Å². The van der Waals surface area contributed by atoms with Crippen molar-refractivity contribution in [2.24, 2.45) is 0 Å². The highest BCUT2D eigenvalue weighted by Crippen LogP contribution is 2.51. The van der Waals surface area contributed by atoms with Crippen molar-refractivity contribution >= 4 is 23.2 Å². The molecule has 0 atom stereocenters. The van der Waals surface area contributed by atoms with Crippen molar-refractivity contribution in [2.75, 3.05) is 12.1 Å². The largest absolute Gasteiger partial charge is 0.454 e. The molecule has 146 valence electrons. The topological polar surface area (TPSA) is 47.6 Å². The number of amides is 1. The first-order valence-corrected chi connectivity index (χ1v) is 10.0. The van der Waals surface area contributed by atoms with Crippen LogP contribution in [-0.4, -0.2) is 12.7 Å². The molecule has 1 fully saturated rings. The summed E-state index contributed by atoms with van der Waals surface area (Å²) in [4.78, 5) is 13.3. The number of anilines is 1. The first-order valence-electron chi connectivity index (χ1n) is 9.64. The molecule has 2 aliphatic rings. The third kappa shape index (κ3) is 3.14. The molecule has 29 heavy (non-hydrogen) atoms. The van der Waals surface area contributed by atoms with E-state index in [-0.39, 0.29) is 12.7 Å². The summed E-state index contributed by atoms with van der Waals surface area (Å²) in [5.41, 5.74) is 4.20. The summed E-state index contributed by atoms with van der Waals surface area (Å²) in [6.07, 6.45) is 1.64. The predicted molar refractivity (Wildman–Crippen MR) is 114 cm³/mol. The van der Waals surface area contributed by atoms with Gasteiger partial charge in [-0.2, -0.15) is 0 Å². The van der Waals surface area contributed by atoms with Crippen LogP contribution in [0.4, 0.5) is 5.69 Å². The molecule has 1 aliphatic heterocycles. The third-order valence-corrected chi connectivity index (χ3v) is 6.11. The lowest BCUT2D eigenvalue weighted by molar-refractivity contribution is -0.118. The van der Waals surface area contributed by atoms with E-state index in [1.54, 1.807) is 0 Å². The Morgan fingerprint density at radius 1 is 1.00 bits per heavy atom. The Morgan fingerprint density at radius 3 is 2.59 bits per heavy atom. The minimum absolute atomic E-state index is 0.00998. The number of benzene rings is 3. The normalized spacial score (nSPS) is 15.8. The van der Waals surface area contributed by atoms with E-state index in [1.807, 2.05) is 67.6 Å². The van der Waals surface area contributed by atoms with E-state index in [4.69, 9.17) is 21.1 Å². The molecular weight excluding hydrogens is 386 g/mol. The van der Waals surface area contributed by atoms with Gasteiger partial charge in [-0.3, -0.25) is 4.79 Å². The van der Waals surface area contributed by atoms with Crippen LogP contribution >= 0.6 is 11.6 Å². The Morgan fingerprint density at radius 2 is 1.79 bits per heavy atom. The van der Waals surface area contributed by atoms with Gasteiger partial charge in [-0.05, 0) is 60.7 Å². The molecule has 5 rings (SSSR count). The number of fused-ring (bicyclic) bond motifs is 1. The Balaban J connectivity index is 1.44. The fourth-order valence-corrected chi connectivity index (χ4v) is 4.07. The van der Waals surface area contributed by atoms with Crippen LogP contribution in [0.5, 0.6) is 11.5 Å². The summed E-state index contributed by atoms with van der Waals surface area (Å²) < 4.78 is 10.9. The quantitative estimate of drug-likeness (QED) is 0.604. The fraction of sp³-hybridized carbons (Fsp3) is 0.208. The molecule has 0 saturated heterocycles. The van der Waals surface area contributed by atoms with Crippen LogP contribution in [-0.2, 0) is 10.2 Å². The third-order valence-electron chi connectivity index (χ3n) is 5.78. The summed E-state index contributed by atoms with van der Waals surface area (Å²) in [5.74, 6) is 1.45. The van der Waals surface area contributed by atoms with Gasteiger partial charge >= 0.3 is 0 Å². The van der Waals surface area contributed by atoms with Crippen LogP contribution in [0.3, 0.4) is 0 Å². The van der Waals surface area contributed by atoms with Crippen LogP contribution in [0.25, 0.3) is 11.1 Å². The average molecular weight is 406 g/mol. The zero-order valence-electron chi connectivity index (χ0n) is 16.0. The molecule has 1 N–H and O–H groups in total. The Labute approximate surface area is 174 Å². The second kappa shape index (κ2) is 6.82. The molecular formula is C24H20ClNO3. The number of rotatable bonds is 4. The maximum atomic E-state index is 13.3. The van der Waals surface area contributed by atoms with Crippen molar-refractivity contribution in [1.82, 2.24) is 0 Å².